The van der Waals surface area contributed by atoms with Crippen LogP contribution in [0.5, 0.6) is 0 Å². The van der Waals surface area contributed by atoms with Crippen LogP contribution in [0.1, 0.15) is 22.6 Å². The number of halogens is 2. The Labute approximate surface area is 121 Å². The van der Waals surface area contributed by atoms with Crippen molar-refractivity contribution in [2.24, 2.45) is 0 Å². The van der Waals surface area contributed by atoms with Crippen LogP contribution in [0.25, 0.3) is 0 Å². The Hall–Kier alpha value is -2.55. The van der Waals surface area contributed by atoms with Crippen LogP contribution in [-0.4, -0.2) is 4.98 Å². The van der Waals surface area contributed by atoms with E-state index < -0.39 is 0 Å². The van der Waals surface area contributed by atoms with Crippen LogP contribution in [0.2, 0.25) is 0 Å². The summed E-state index contributed by atoms with van der Waals surface area (Å²) in [4.78, 5) is 4.02. The van der Waals surface area contributed by atoms with Crippen LogP contribution in [-0.2, 0) is 0 Å². The second-order valence-electron chi connectivity index (χ2n) is 4.82. The summed E-state index contributed by atoms with van der Waals surface area (Å²) in [5, 5.41) is 0. The summed E-state index contributed by atoms with van der Waals surface area (Å²) >= 11 is 0. The van der Waals surface area contributed by atoms with E-state index in [0.717, 1.165) is 16.7 Å². The van der Waals surface area contributed by atoms with Crippen molar-refractivity contribution in [1.82, 2.24) is 4.98 Å². The van der Waals surface area contributed by atoms with Gasteiger partial charge in [0.2, 0.25) is 0 Å². The predicted octanol–water partition coefficient (Wildman–Crippen LogP) is 4.54. The van der Waals surface area contributed by atoms with Gasteiger partial charge in [0, 0.05) is 18.3 Å². The fourth-order valence-corrected chi connectivity index (χ4v) is 2.44. The smallest absolute Gasteiger partial charge is 0.123 e. The molecular formula is C18H13F2N. The van der Waals surface area contributed by atoms with Gasteiger partial charge in [-0.15, -0.1) is 0 Å². The van der Waals surface area contributed by atoms with Gasteiger partial charge in [0.25, 0.3) is 0 Å². The van der Waals surface area contributed by atoms with E-state index in [4.69, 9.17) is 0 Å². The van der Waals surface area contributed by atoms with Crippen molar-refractivity contribution in [3.63, 3.8) is 0 Å². The lowest BCUT2D eigenvalue weighted by Crippen LogP contribution is -2.03. The van der Waals surface area contributed by atoms with Crippen molar-refractivity contribution in [3.05, 3.63) is 101 Å². The molecule has 1 nitrogen and oxygen atoms in total. The monoisotopic (exact) mass is 281 g/mol. The highest BCUT2D eigenvalue weighted by Crippen LogP contribution is 2.31. The molecule has 0 aliphatic carbocycles. The maximum Gasteiger partial charge on any atom is 0.123 e. The molecule has 3 heteroatoms. The number of hydrogen-bond donors (Lipinski definition) is 0. The van der Waals surface area contributed by atoms with E-state index in [9.17, 15) is 8.78 Å². The maximum atomic E-state index is 13.1. The summed E-state index contributed by atoms with van der Waals surface area (Å²) in [5.74, 6) is -0.619. The predicted molar refractivity (Wildman–Crippen MR) is 78.0 cm³/mol. The Morgan fingerprint density at radius 2 is 0.952 bits per heavy atom. The maximum absolute atomic E-state index is 13.1. The molecule has 0 saturated carbocycles. The molecule has 3 aromatic rings. The number of hydrogen-bond acceptors (Lipinski definition) is 1. The minimum absolute atomic E-state index is 0.0748. The van der Waals surface area contributed by atoms with Gasteiger partial charge in [-0.05, 0) is 53.1 Å². The molecule has 3 rings (SSSR count). The van der Waals surface area contributed by atoms with Crippen LogP contribution in [0, 0.1) is 11.6 Å². The number of nitrogens with zero attached hydrogens (tertiary/aromatic N) is 1. The number of benzene rings is 2. The third kappa shape index (κ3) is 2.97. The SMILES string of the molecule is Fc1ccc(C(c2ccncc2)c2ccc(F)cc2)cc1. The van der Waals surface area contributed by atoms with Gasteiger partial charge in [0.1, 0.15) is 11.6 Å². The van der Waals surface area contributed by atoms with Crippen LogP contribution in [0.3, 0.4) is 0 Å². The second-order valence-corrected chi connectivity index (χ2v) is 4.82. The molecule has 2 aromatic carbocycles. The molecule has 104 valence electrons. The summed E-state index contributed by atoms with van der Waals surface area (Å²) < 4.78 is 26.3. The molecule has 1 aromatic heterocycles. The van der Waals surface area contributed by atoms with Gasteiger partial charge in [-0.25, -0.2) is 8.78 Å². The van der Waals surface area contributed by atoms with Crippen LogP contribution in [0.15, 0.2) is 73.1 Å². The Kier molecular flexibility index (Phi) is 3.73. The molecule has 0 spiro atoms. The van der Waals surface area contributed by atoms with Gasteiger partial charge in [0.05, 0.1) is 0 Å². The minimum atomic E-state index is -0.272. The Morgan fingerprint density at radius 3 is 1.38 bits per heavy atom. The number of rotatable bonds is 3. The van der Waals surface area contributed by atoms with E-state index in [1.165, 1.54) is 24.3 Å². The summed E-state index contributed by atoms with van der Waals surface area (Å²) in [7, 11) is 0. The zero-order valence-electron chi connectivity index (χ0n) is 11.2. The third-order valence-electron chi connectivity index (χ3n) is 3.45. The van der Waals surface area contributed by atoms with Crippen molar-refractivity contribution >= 4 is 0 Å². The Balaban J connectivity index is 2.11. The molecule has 0 unspecified atom stereocenters. The lowest BCUT2D eigenvalue weighted by Gasteiger charge is -2.18. The summed E-state index contributed by atoms with van der Waals surface area (Å²) in [6, 6.07) is 16.6. The molecule has 0 aliphatic rings. The second kappa shape index (κ2) is 5.83. The van der Waals surface area contributed by atoms with Gasteiger partial charge in [0.15, 0.2) is 0 Å². The van der Waals surface area contributed by atoms with Gasteiger partial charge < -0.3 is 0 Å². The zero-order valence-corrected chi connectivity index (χ0v) is 11.2. The highest BCUT2D eigenvalue weighted by Gasteiger charge is 2.16. The highest BCUT2D eigenvalue weighted by atomic mass is 19.1. The topological polar surface area (TPSA) is 12.9 Å². The summed E-state index contributed by atoms with van der Waals surface area (Å²) in [6.07, 6.45) is 3.44. The van der Waals surface area contributed by atoms with Gasteiger partial charge in [-0.3, -0.25) is 4.98 Å². The number of pyridine rings is 1. The molecule has 1 heterocycles. The first kappa shape index (κ1) is 13.4. The fraction of sp³-hybridized carbons (Fsp3) is 0.0556. The molecule has 0 radical (unpaired) electrons. The van der Waals surface area contributed by atoms with Crippen molar-refractivity contribution in [2.45, 2.75) is 5.92 Å². The Bertz CT molecular complexity index is 661. The molecule has 0 amide bonds. The molecule has 21 heavy (non-hydrogen) atoms. The van der Waals surface area contributed by atoms with E-state index in [1.807, 2.05) is 12.1 Å². The number of aromatic nitrogens is 1. The first-order valence-electron chi connectivity index (χ1n) is 6.65. The van der Waals surface area contributed by atoms with E-state index in [0.29, 0.717) is 0 Å². The fourth-order valence-electron chi connectivity index (χ4n) is 2.44. The van der Waals surface area contributed by atoms with E-state index in [-0.39, 0.29) is 17.6 Å². The first-order valence-corrected chi connectivity index (χ1v) is 6.65. The van der Waals surface area contributed by atoms with Gasteiger partial charge >= 0.3 is 0 Å². The molecule has 0 N–H and O–H groups in total. The van der Waals surface area contributed by atoms with Crippen molar-refractivity contribution in [1.29, 1.82) is 0 Å². The zero-order chi connectivity index (χ0) is 14.7. The molecular weight excluding hydrogens is 268 g/mol. The molecule has 0 atom stereocenters. The average molecular weight is 281 g/mol. The van der Waals surface area contributed by atoms with E-state index >= 15 is 0 Å². The molecule has 0 bridgehead atoms. The van der Waals surface area contributed by atoms with Crippen LogP contribution < -0.4 is 0 Å². The standard InChI is InChI=1S/C18H13F2N/c19-16-5-1-13(2-6-16)18(15-9-11-21-12-10-15)14-3-7-17(20)8-4-14/h1-12,18H. The molecule has 0 saturated heterocycles. The minimum Gasteiger partial charge on any atom is -0.265 e. The summed E-state index contributed by atoms with van der Waals surface area (Å²) in [6.45, 7) is 0. The van der Waals surface area contributed by atoms with Crippen molar-refractivity contribution in [3.8, 4) is 0 Å². The summed E-state index contributed by atoms with van der Waals surface area (Å²) in [5.41, 5.74) is 2.94. The largest absolute Gasteiger partial charge is 0.265 e. The molecule has 0 fully saturated rings. The third-order valence-corrected chi connectivity index (χ3v) is 3.45. The van der Waals surface area contributed by atoms with E-state index in [1.54, 1.807) is 36.7 Å². The lowest BCUT2D eigenvalue weighted by atomic mass is 9.86. The first-order chi connectivity index (χ1) is 10.2. The van der Waals surface area contributed by atoms with Gasteiger partial charge in [-0.1, -0.05) is 24.3 Å². The van der Waals surface area contributed by atoms with Crippen molar-refractivity contribution < 1.29 is 8.78 Å². The van der Waals surface area contributed by atoms with Gasteiger partial charge in [-0.2, -0.15) is 0 Å². The van der Waals surface area contributed by atoms with Crippen molar-refractivity contribution in [2.75, 3.05) is 0 Å². The van der Waals surface area contributed by atoms with E-state index in [2.05, 4.69) is 4.98 Å². The normalized spacial score (nSPS) is 10.8. The Morgan fingerprint density at radius 1 is 0.571 bits per heavy atom. The highest BCUT2D eigenvalue weighted by molar-refractivity contribution is 5.42. The average Bonchev–Trinajstić information content (AvgIpc) is 2.52. The van der Waals surface area contributed by atoms with Crippen LogP contribution in [0.4, 0.5) is 8.78 Å². The lowest BCUT2D eigenvalue weighted by molar-refractivity contribution is 0.626. The molecule has 0 aliphatic heterocycles. The quantitative estimate of drug-likeness (QED) is 0.687. The van der Waals surface area contributed by atoms with Crippen LogP contribution >= 0.6 is 0 Å².